The largest absolute Gasteiger partial charge is 0.458 e. The van der Waals surface area contributed by atoms with Gasteiger partial charge < -0.3 is 24.1 Å². The van der Waals surface area contributed by atoms with Crippen LogP contribution in [0.1, 0.15) is 47.5 Å². The standard InChI is InChI=1S/C22H30O9/c1-7-9(2)20(26)29-16-14-11(4)21(27)30-17(14)18(25)22(6)19(31-22)13(24)8-10(3)15(16)28-12(5)23/h9-10,14-19,25H,4,7-8H2,1-3,5-6H3. The van der Waals surface area contributed by atoms with Gasteiger partial charge in [0.05, 0.1) is 11.8 Å². The van der Waals surface area contributed by atoms with Gasteiger partial charge in [-0.2, -0.15) is 0 Å². The van der Waals surface area contributed by atoms with E-state index in [-0.39, 0.29) is 17.8 Å². The van der Waals surface area contributed by atoms with E-state index in [1.165, 1.54) is 6.92 Å². The van der Waals surface area contributed by atoms with Gasteiger partial charge in [0.15, 0.2) is 5.78 Å². The first-order valence-electron chi connectivity index (χ1n) is 10.6. The summed E-state index contributed by atoms with van der Waals surface area (Å²) in [6, 6.07) is 0. The lowest BCUT2D eigenvalue weighted by atomic mass is 9.76. The van der Waals surface area contributed by atoms with Crippen molar-refractivity contribution in [1.82, 2.24) is 0 Å². The first kappa shape index (κ1) is 23.4. The van der Waals surface area contributed by atoms with E-state index in [4.69, 9.17) is 18.9 Å². The predicted molar refractivity (Wildman–Crippen MR) is 105 cm³/mol. The van der Waals surface area contributed by atoms with Gasteiger partial charge in [-0.05, 0) is 13.3 Å². The van der Waals surface area contributed by atoms with E-state index >= 15 is 0 Å². The van der Waals surface area contributed by atoms with Crippen LogP contribution >= 0.6 is 0 Å². The number of aliphatic hydroxyl groups is 1. The molecule has 3 rings (SSSR count). The lowest BCUT2D eigenvalue weighted by Crippen LogP contribution is -2.53. The van der Waals surface area contributed by atoms with Crippen molar-refractivity contribution in [3.05, 3.63) is 12.2 Å². The first-order chi connectivity index (χ1) is 14.4. The first-order valence-corrected chi connectivity index (χ1v) is 10.6. The molecule has 9 unspecified atom stereocenters. The van der Waals surface area contributed by atoms with Crippen LogP contribution < -0.4 is 0 Å². The zero-order chi connectivity index (χ0) is 23.2. The van der Waals surface area contributed by atoms with Gasteiger partial charge in [-0.3, -0.25) is 14.4 Å². The van der Waals surface area contributed by atoms with Gasteiger partial charge in [-0.1, -0.05) is 27.4 Å². The van der Waals surface area contributed by atoms with Crippen molar-refractivity contribution in [1.29, 1.82) is 0 Å². The number of rotatable bonds is 4. The van der Waals surface area contributed by atoms with E-state index in [0.717, 1.165) is 0 Å². The minimum Gasteiger partial charge on any atom is -0.458 e. The van der Waals surface area contributed by atoms with Crippen LogP contribution in [0.25, 0.3) is 0 Å². The molecule has 0 spiro atoms. The Labute approximate surface area is 181 Å². The third kappa shape index (κ3) is 4.13. The summed E-state index contributed by atoms with van der Waals surface area (Å²) in [5, 5.41) is 11.0. The minimum atomic E-state index is -1.37. The maximum absolute atomic E-state index is 12.8. The van der Waals surface area contributed by atoms with Gasteiger partial charge >= 0.3 is 17.9 Å². The third-order valence-corrected chi connectivity index (χ3v) is 6.62. The third-order valence-electron chi connectivity index (χ3n) is 6.62. The van der Waals surface area contributed by atoms with Crippen molar-refractivity contribution in [2.45, 2.75) is 83.6 Å². The molecular formula is C22H30O9. The average Bonchev–Trinajstić information content (AvgIpc) is 3.32. The minimum absolute atomic E-state index is 0.00283. The number of fused-ring (bicyclic) bond motifs is 2. The number of carbonyl (C=O) groups is 4. The summed E-state index contributed by atoms with van der Waals surface area (Å²) < 4.78 is 22.2. The number of hydrogen-bond acceptors (Lipinski definition) is 9. The monoisotopic (exact) mass is 438 g/mol. The topological polar surface area (TPSA) is 129 Å². The van der Waals surface area contributed by atoms with Gasteiger partial charge in [0.2, 0.25) is 0 Å². The van der Waals surface area contributed by atoms with Crippen molar-refractivity contribution >= 4 is 23.7 Å². The average molecular weight is 438 g/mol. The quantitative estimate of drug-likeness (QED) is 0.297. The highest BCUT2D eigenvalue weighted by Crippen LogP contribution is 2.48. The molecule has 9 heteroatoms. The molecule has 31 heavy (non-hydrogen) atoms. The molecule has 9 nitrogen and oxygen atoms in total. The van der Waals surface area contributed by atoms with Crippen LogP contribution in [0, 0.1) is 17.8 Å². The molecule has 2 heterocycles. The number of ether oxygens (including phenoxy) is 4. The van der Waals surface area contributed by atoms with Crippen molar-refractivity contribution in [2.75, 3.05) is 0 Å². The lowest BCUT2D eigenvalue weighted by molar-refractivity contribution is -0.183. The molecule has 9 atom stereocenters. The van der Waals surface area contributed by atoms with Crippen molar-refractivity contribution in [3.8, 4) is 0 Å². The summed E-state index contributed by atoms with van der Waals surface area (Å²) in [6.07, 6.45) is -5.16. The zero-order valence-corrected chi connectivity index (χ0v) is 18.5. The molecular weight excluding hydrogens is 408 g/mol. The molecule has 0 aromatic rings. The Balaban J connectivity index is 2.09. The number of ketones is 1. The predicted octanol–water partition coefficient (Wildman–Crippen LogP) is 1.10. The second-order valence-electron chi connectivity index (χ2n) is 8.98. The highest BCUT2D eigenvalue weighted by atomic mass is 16.6. The van der Waals surface area contributed by atoms with E-state index in [9.17, 15) is 24.3 Å². The van der Waals surface area contributed by atoms with E-state index < -0.39 is 71.8 Å². The van der Waals surface area contributed by atoms with Crippen LogP contribution in [0.3, 0.4) is 0 Å². The summed E-state index contributed by atoms with van der Waals surface area (Å²) in [6.45, 7) is 11.8. The summed E-state index contributed by atoms with van der Waals surface area (Å²) in [5.41, 5.74) is -1.23. The van der Waals surface area contributed by atoms with Gasteiger partial charge in [0.1, 0.15) is 36.1 Å². The molecule has 3 aliphatic rings. The number of carbonyl (C=O) groups excluding carboxylic acids is 4. The molecule has 1 saturated carbocycles. The van der Waals surface area contributed by atoms with Gasteiger partial charge in [0, 0.05) is 24.8 Å². The normalized spacial score (nSPS) is 40.8. The summed E-state index contributed by atoms with van der Waals surface area (Å²) in [7, 11) is 0. The summed E-state index contributed by atoms with van der Waals surface area (Å²) in [5.74, 6) is -4.19. The van der Waals surface area contributed by atoms with E-state index in [1.807, 2.05) is 6.92 Å². The zero-order valence-electron chi connectivity index (χ0n) is 18.5. The van der Waals surface area contributed by atoms with Gasteiger partial charge in [-0.25, -0.2) is 4.79 Å². The maximum Gasteiger partial charge on any atom is 0.334 e. The smallest absolute Gasteiger partial charge is 0.334 e. The summed E-state index contributed by atoms with van der Waals surface area (Å²) >= 11 is 0. The number of aliphatic hydroxyl groups excluding tert-OH is 1. The Bertz CT molecular complexity index is 805. The van der Waals surface area contributed by atoms with Gasteiger partial charge in [-0.15, -0.1) is 0 Å². The highest BCUT2D eigenvalue weighted by molar-refractivity contribution is 5.92. The SMILES string of the molecule is C=C1C(=O)OC2C1C(OC(=O)C(C)CC)C(OC(C)=O)C(C)CC(=O)C1OC1(C)C2O. The molecule has 0 amide bonds. The number of esters is 3. The Morgan fingerprint density at radius 3 is 2.52 bits per heavy atom. The fourth-order valence-electron chi connectivity index (χ4n) is 4.41. The van der Waals surface area contributed by atoms with Crippen molar-refractivity contribution in [2.24, 2.45) is 17.8 Å². The van der Waals surface area contributed by atoms with Crippen molar-refractivity contribution < 1.29 is 43.2 Å². The lowest BCUT2D eigenvalue weighted by Gasteiger charge is -2.38. The fourth-order valence-corrected chi connectivity index (χ4v) is 4.41. The molecule has 2 saturated heterocycles. The maximum atomic E-state index is 12.8. The van der Waals surface area contributed by atoms with E-state index in [1.54, 1.807) is 20.8 Å². The molecule has 3 fully saturated rings. The Morgan fingerprint density at radius 2 is 1.94 bits per heavy atom. The summed E-state index contributed by atoms with van der Waals surface area (Å²) in [4.78, 5) is 49.8. The highest BCUT2D eigenvalue weighted by Gasteiger charge is 2.67. The van der Waals surface area contributed by atoms with E-state index in [2.05, 4.69) is 6.58 Å². The van der Waals surface area contributed by atoms with Crippen LogP contribution in [0.15, 0.2) is 12.2 Å². The van der Waals surface area contributed by atoms with Crippen LogP contribution in [0.2, 0.25) is 0 Å². The molecule has 172 valence electrons. The van der Waals surface area contributed by atoms with Gasteiger partial charge in [0.25, 0.3) is 0 Å². The van der Waals surface area contributed by atoms with Crippen LogP contribution in [-0.4, -0.2) is 64.9 Å². The second-order valence-corrected chi connectivity index (χ2v) is 8.98. The molecule has 1 aliphatic carbocycles. The van der Waals surface area contributed by atoms with Crippen LogP contribution in [-0.2, 0) is 38.1 Å². The number of hydrogen-bond donors (Lipinski definition) is 1. The Kier molecular flexibility index (Phi) is 6.30. The second kappa shape index (κ2) is 8.35. The fraction of sp³-hybridized carbons (Fsp3) is 0.727. The van der Waals surface area contributed by atoms with E-state index in [0.29, 0.717) is 6.42 Å². The number of Topliss-reactive ketones (excluding diaryl/α,β-unsaturated/α-hetero) is 1. The molecule has 1 N–H and O–H groups in total. The van der Waals surface area contributed by atoms with Crippen LogP contribution in [0.5, 0.6) is 0 Å². The Hall–Kier alpha value is -2.26. The number of epoxide rings is 1. The molecule has 0 bridgehead atoms. The Morgan fingerprint density at radius 1 is 1.29 bits per heavy atom. The molecule has 0 aromatic carbocycles. The molecule has 0 radical (unpaired) electrons. The van der Waals surface area contributed by atoms with Crippen LogP contribution in [0.4, 0.5) is 0 Å². The van der Waals surface area contributed by atoms with Crippen molar-refractivity contribution in [3.63, 3.8) is 0 Å². The molecule has 0 aromatic heterocycles. The molecule has 2 aliphatic heterocycles.